The van der Waals surface area contributed by atoms with Crippen LogP contribution in [0.2, 0.25) is 0 Å². The number of hydrogen-bond donors (Lipinski definition) is 2. The number of carbonyl (C=O) groups is 1. The van der Waals surface area contributed by atoms with Gasteiger partial charge in [-0.25, -0.2) is 4.39 Å². The average molecular weight is 287 g/mol. The van der Waals surface area contributed by atoms with E-state index < -0.39 is 11.7 Å². The summed E-state index contributed by atoms with van der Waals surface area (Å²) in [6.45, 7) is 3.12. The predicted octanol–water partition coefficient (Wildman–Crippen LogP) is 2.63. The summed E-state index contributed by atoms with van der Waals surface area (Å²) >= 11 is 0. The molecule has 108 valence electrons. The van der Waals surface area contributed by atoms with Crippen molar-refractivity contribution in [3.63, 3.8) is 0 Å². The van der Waals surface area contributed by atoms with Gasteiger partial charge in [0.05, 0.1) is 11.3 Å². The molecule has 5 heteroatoms. The Morgan fingerprint density at radius 1 is 1.38 bits per heavy atom. The minimum absolute atomic E-state index is 0.0628. The summed E-state index contributed by atoms with van der Waals surface area (Å²) in [4.78, 5) is 12.1. The van der Waals surface area contributed by atoms with Gasteiger partial charge in [0, 0.05) is 5.56 Å². The molecule has 0 aliphatic rings. The summed E-state index contributed by atoms with van der Waals surface area (Å²) in [5.74, 6) is 5.10. The van der Waals surface area contributed by atoms with Crippen LogP contribution in [-0.2, 0) is 0 Å². The third-order valence-electron chi connectivity index (χ3n) is 2.81. The quantitative estimate of drug-likeness (QED) is 0.835. The lowest BCUT2D eigenvalue weighted by molar-refractivity contribution is 0.102. The highest BCUT2D eigenvalue weighted by Crippen LogP contribution is 2.19. The number of nitrogens with one attached hydrogen (secondary N) is 1. The number of anilines is 1. The van der Waals surface area contributed by atoms with E-state index in [0.29, 0.717) is 22.6 Å². The van der Waals surface area contributed by atoms with Crippen LogP contribution in [0.5, 0.6) is 0 Å². The molecular formula is C16H14FNO3. The highest BCUT2D eigenvalue weighted by molar-refractivity contribution is 6.05. The van der Waals surface area contributed by atoms with E-state index in [-0.39, 0.29) is 12.3 Å². The van der Waals surface area contributed by atoms with Crippen LogP contribution >= 0.6 is 0 Å². The Hall–Kier alpha value is -2.58. The van der Waals surface area contributed by atoms with E-state index in [1.165, 1.54) is 12.1 Å². The maximum atomic E-state index is 13.9. The molecule has 0 spiro atoms. The lowest BCUT2D eigenvalue weighted by Gasteiger charge is -2.06. The fourth-order valence-corrected chi connectivity index (χ4v) is 1.88. The van der Waals surface area contributed by atoms with Crippen molar-refractivity contribution in [3.8, 4) is 11.8 Å². The van der Waals surface area contributed by atoms with Crippen LogP contribution in [0.25, 0.3) is 0 Å². The van der Waals surface area contributed by atoms with Crippen LogP contribution in [0.3, 0.4) is 0 Å². The van der Waals surface area contributed by atoms with E-state index in [0.717, 1.165) is 0 Å². The van der Waals surface area contributed by atoms with Gasteiger partial charge in [-0.1, -0.05) is 11.8 Å². The Labute approximate surface area is 121 Å². The average Bonchev–Trinajstić information content (AvgIpc) is 2.78. The molecule has 2 rings (SSSR count). The van der Waals surface area contributed by atoms with Crippen molar-refractivity contribution >= 4 is 11.6 Å². The number of hydrogen-bond acceptors (Lipinski definition) is 3. The number of aliphatic hydroxyl groups excluding tert-OH is 1. The topological polar surface area (TPSA) is 62.5 Å². The van der Waals surface area contributed by atoms with Gasteiger partial charge < -0.3 is 14.8 Å². The summed E-state index contributed by atoms with van der Waals surface area (Å²) in [5.41, 5.74) is 0.860. The first-order valence-corrected chi connectivity index (χ1v) is 6.29. The first-order chi connectivity index (χ1) is 10.0. The van der Waals surface area contributed by atoms with Crippen LogP contribution in [0, 0.1) is 31.5 Å². The summed E-state index contributed by atoms with van der Waals surface area (Å²) in [7, 11) is 0. The Balaban J connectivity index is 2.20. The van der Waals surface area contributed by atoms with Crippen LogP contribution in [-0.4, -0.2) is 17.6 Å². The van der Waals surface area contributed by atoms with E-state index >= 15 is 0 Å². The molecule has 4 nitrogen and oxygen atoms in total. The lowest BCUT2D eigenvalue weighted by Crippen LogP contribution is -2.13. The van der Waals surface area contributed by atoms with Crippen molar-refractivity contribution in [2.45, 2.75) is 13.8 Å². The predicted molar refractivity (Wildman–Crippen MR) is 76.5 cm³/mol. The third-order valence-corrected chi connectivity index (χ3v) is 2.81. The van der Waals surface area contributed by atoms with Gasteiger partial charge >= 0.3 is 0 Å². The molecule has 2 N–H and O–H groups in total. The van der Waals surface area contributed by atoms with E-state index in [1.807, 2.05) is 0 Å². The van der Waals surface area contributed by atoms with Gasteiger partial charge in [0.1, 0.15) is 23.9 Å². The monoisotopic (exact) mass is 287 g/mol. The van der Waals surface area contributed by atoms with Crippen molar-refractivity contribution in [2.24, 2.45) is 0 Å². The highest BCUT2D eigenvalue weighted by atomic mass is 19.1. The number of amides is 1. The number of aryl methyl sites for hydroxylation is 2. The minimum Gasteiger partial charge on any atom is -0.466 e. The molecule has 1 amide bonds. The minimum atomic E-state index is -0.592. The van der Waals surface area contributed by atoms with Crippen LogP contribution in [0.15, 0.2) is 28.7 Å². The molecule has 0 aliphatic carbocycles. The maximum absolute atomic E-state index is 13.9. The summed E-state index contributed by atoms with van der Waals surface area (Å²) in [5, 5.41) is 11.1. The van der Waals surface area contributed by atoms with Crippen LogP contribution in [0.4, 0.5) is 10.1 Å². The van der Waals surface area contributed by atoms with E-state index in [1.54, 1.807) is 26.0 Å². The van der Waals surface area contributed by atoms with Crippen molar-refractivity contribution in [2.75, 3.05) is 11.9 Å². The zero-order chi connectivity index (χ0) is 15.4. The number of furan rings is 1. The zero-order valence-corrected chi connectivity index (χ0v) is 11.7. The second-order valence-electron chi connectivity index (χ2n) is 4.44. The first kappa shape index (κ1) is 14.8. The molecule has 0 aliphatic heterocycles. The van der Waals surface area contributed by atoms with Crippen LogP contribution in [0.1, 0.15) is 27.4 Å². The Morgan fingerprint density at radius 2 is 2.14 bits per heavy atom. The largest absolute Gasteiger partial charge is 0.466 e. The Bertz CT molecular complexity index is 738. The molecule has 0 saturated heterocycles. The normalized spacial score (nSPS) is 9.90. The van der Waals surface area contributed by atoms with Gasteiger partial charge in [-0.2, -0.15) is 0 Å². The van der Waals surface area contributed by atoms with Gasteiger partial charge in [0.15, 0.2) is 0 Å². The van der Waals surface area contributed by atoms with Crippen molar-refractivity contribution in [1.82, 2.24) is 0 Å². The molecular weight excluding hydrogens is 273 g/mol. The van der Waals surface area contributed by atoms with E-state index in [9.17, 15) is 9.18 Å². The van der Waals surface area contributed by atoms with Gasteiger partial charge in [0.25, 0.3) is 5.91 Å². The number of benzene rings is 1. The Morgan fingerprint density at radius 3 is 2.71 bits per heavy atom. The second kappa shape index (κ2) is 6.25. The molecule has 0 bridgehead atoms. The van der Waals surface area contributed by atoms with Gasteiger partial charge in [-0.3, -0.25) is 4.79 Å². The number of halogens is 1. The van der Waals surface area contributed by atoms with Gasteiger partial charge in [0.2, 0.25) is 0 Å². The molecule has 0 radical (unpaired) electrons. The molecule has 0 atom stereocenters. The smallest absolute Gasteiger partial charge is 0.259 e. The molecule has 2 aromatic rings. The van der Waals surface area contributed by atoms with Gasteiger partial charge in [-0.05, 0) is 38.1 Å². The molecule has 0 saturated carbocycles. The van der Waals surface area contributed by atoms with E-state index in [2.05, 4.69) is 17.2 Å². The standard InChI is InChI=1S/C16H14FNO3/c1-10-8-13(11(2)21-10)16(20)18-15-6-5-12(4-3-7-19)9-14(15)17/h5-6,8-9,19H,7H2,1-2H3,(H,18,20). The second-order valence-corrected chi connectivity index (χ2v) is 4.44. The maximum Gasteiger partial charge on any atom is 0.259 e. The van der Waals surface area contributed by atoms with Crippen molar-refractivity contribution < 1.29 is 18.7 Å². The van der Waals surface area contributed by atoms with Crippen LogP contribution < -0.4 is 5.32 Å². The van der Waals surface area contributed by atoms with Gasteiger partial charge in [-0.15, -0.1) is 0 Å². The fourth-order valence-electron chi connectivity index (χ4n) is 1.88. The first-order valence-electron chi connectivity index (χ1n) is 6.29. The Kier molecular flexibility index (Phi) is 4.41. The molecule has 0 fully saturated rings. The number of carbonyl (C=O) groups excluding carboxylic acids is 1. The van der Waals surface area contributed by atoms with E-state index in [4.69, 9.17) is 9.52 Å². The molecule has 1 aromatic heterocycles. The summed E-state index contributed by atoms with van der Waals surface area (Å²) in [6, 6.07) is 5.79. The molecule has 0 unspecified atom stereocenters. The number of aliphatic hydroxyl groups is 1. The van der Waals surface area contributed by atoms with Crippen molar-refractivity contribution in [3.05, 3.63) is 52.7 Å². The summed E-state index contributed by atoms with van der Waals surface area (Å²) in [6.07, 6.45) is 0. The number of rotatable bonds is 2. The highest BCUT2D eigenvalue weighted by Gasteiger charge is 2.15. The molecule has 1 heterocycles. The fraction of sp³-hybridized carbons (Fsp3) is 0.188. The third kappa shape index (κ3) is 3.50. The lowest BCUT2D eigenvalue weighted by atomic mass is 10.2. The SMILES string of the molecule is Cc1cc(C(=O)Nc2ccc(C#CCO)cc2F)c(C)o1. The van der Waals surface area contributed by atoms with Crippen molar-refractivity contribution in [1.29, 1.82) is 0 Å². The molecule has 1 aromatic carbocycles. The zero-order valence-electron chi connectivity index (χ0n) is 11.7. The summed E-state index contributed by atoms with van der Waals surface area (Å²) < 4.78 is 19.2. The molecule has 21 heavy (non-hydrogen) atoms.